The van der Waals surface area contributed by atoms with Crippen LogP contribution in [0.3, 0.4) is 0 Å². The zero-order valence-corrected chi connectivity index (χ0v) is 26.3. The Bertz CT molecular complexity index is 1470. The lowest BCUT2D eigenvalue weighted by Crippen LogP contribution is -2.54. The van der Waals surface area contributed by atoms with Gasteiger partial charge in [0.2, 0.25) is 11.8 Å². The zero-order valence-electron chi connectivity index (χ0n) is 24.8. The molecule has 2 amide bonds. The number of nitrogens with zero attached hydrogens (tertiary/aromatic N) is 2. The van der Waals surface area contributed by atoms with E-state index >= 15 is 0 Å². The van der Waals surface area contributed by atoms with Gasteiger partial charge in [0.15, 0.2) is 0 Å². The smallest absolute Gasteiger partial charge is 0.264 e. The number of rotatable bonds is 12. The van der Waals surface area contributed by atoms with Crippen molar-refractivity contribution < 1.29 is 27.5 Å². The van der Waals surface area contributed by atoms with Crippen LogP contribution in [-0.4, -0.2) is 57.0 Å². The van der Waals surface area contributed by atoms with Crippen molar-refractivity contribution in [1.82, 2.24) is 10.2 Å². The van der Waals surface area contributed by atoms with Crippen molar-refractivity contribution in [3.8, 4) is 11.5 Å². The Kier molecular flexibility index (Phi) is 10.9. The van der Waals surface area contributed by atoms with Gasteiger partial charge in [0.25, 0.3) is 10.0 Å². The molecule has 1 atom stereocenters. The highest BCUT2D eigenvalue weighted by Gasteiger charge is 2.33. The van der Waals surface area contributed by atoms with Crippen LogP contribution in [0.1, 0.15) is 40.2 Å². The molecule has 0 unspecified atom stereocenters. The van der Waals surface area contributed by atoms with Gasteiger partial charge < -0.3 is 19.7 Å². The number of carbonyl (C=O) groups excluding carboxylic acids is 2. The van der Waals surface area contributed by atoms with Gasteiger partial charge in [-0.1, -0.05) is 23.7 Å². The van der Waals surface area contributed by atoms with Crippen LogP contribution in [0.15, 0.2) is 77.7 Å². The second-order valence-electron chi connectivity index (χ2n) is 10.7. The fraction of sp³-hybridized carbons (Fsp3) is 0.355. The highest BCUT2D eigenvalue weighted by Crippen LogP contribution is 2.27. The average molecular weight is 616 g/mol. The average Bonchev–Trinajstić information content (AvgIpc) is 2.94. The van der Waals surface area contributed by atoms with Gasteiger partial charge in [0, 0.05) is 17.1 Å². The minimum absolute atomic E-state index is 0.0357. The first-order chi connectivity index (χ1) is 19.7. The number of methoxy groups -OCH3 is 1. The summed E-state index contributed by atoms with van der Waals surface area (Å²) in [7, 11) is -2.68. The van der Waals surface area contributed by atoms with Crippen molar-refractivity contribution in [2.45, 2.75) is 57.6 Å². The maximum absolute atomic E-state index is 14.1. The molecule has 0 aliphatic rings. The van der Waals surface area contributed by atoms with Gasteiger partial charge in [-0.3, -0.25) is 13.9 Å². The molecular formula is C31H38ClN3O6S. The van der Waals surface area contributed by atoms with Crippen LogP contribution in [0, 0.1) is 0 Å². The van der Waals surface area contributed by atoms with E-state index in [0.717, 1.165) is 4.31 Å². The molecule has 0 saturated carbocycles. The van der Waals surface area contributed by atoms with E-state index in [9.17, 15) is 18.0 Å². The van der Waals surface area contributed by atoms with E-state index in [-0.39, 0.29) is 23.0 Å². The molecule has 1 N–H and O–H groups in total. The molecule has 0 radical (unpaired) electrons. The van der Waals surface area contributed by atoms with Crippen LogP contribution >= 0.6 is 11.6 Å². The van der Waals surface area contributed by atoms with Crippen LogP contribution in [0.25, 0.3) is 0 Å². The number of halogens is 1. The Balaban J connectivity index is 2.05. The summed E-state index contributed by atoms with van der Waals surface area (Å²) < 4.78 is 39.7. The zero-order chi connectivity index (χ0) is 31.1. The Morgan fingerprint density at radius 1 is 0.976 bits per heavy atom. The molecule has 0 bridgehead atoms. The van der Waals surface area contributed by atoms with E-state index in [1.165, 1.54) is 36.3 Å². The quantitative estimate of drug-likeness (QED) is 0.297. The predicted molar refractivity (Wildman–Crippen MR) is 164 cm³/mol. The van der Waals surface area contributed by atoms with Crippen LogP contribution < -0.4 is 19.1 Å². The Morgan fingerprint density at radius 2 is 1.62 bits per heavy atom. The minimum atomic E-state index is -4.22. The third kappa shape index (κ3) is 8.62. The van der Waals surface area contributed by atoms with Crippen molar-refractivity contribution in [3.63, 3.8) is 0 Å². The number of sulfonamides is 1. The highest BCUT2D eigenvalue weighted by molar-refractivity contribution is 7.92. The summed E-state index contributed by atoms with van der Waals surface area (Å²) >= 11 is 6.01. The normalized spacial score (nSPS) is 12.3. The van der Waals surface area contributed by atoms with Gasteiger partial charge in [-0.05, 0) is 101 Å². The van der Waals surface area contributed by atoms with Crippen molar-refractivity contribution in [1.29, 1.82) is 0 Å². The lowest BCUT2D eigenvalue weighted by atomic mass is 10.1. The molecule has 0 aliphatic carbocycles. The third-order valence-electron chi connectivity index (χ3n) is 6.27. The molecule has 3 rings (SSSR count). The second-order valence-corrected chi connectivity index (χ2v) is 13.0. The van der Waals surface area contributed by atoms with Crippen LogP contribution in [0.4, 0.5) is 5.69 Å². The molecular weight excluding hydrogens is 578 g/mol. The Hall–Kier alpha value is -3.76. The summed E-state index contributed by atoms with van der Waals surface area (Å²) in [6.45, 7) is 8.93. The molecule has 226 valence electrons. The van der Waals surface area contributed by atoms with Crippen LogP contribution in [-0.2, 0) is 26.2 Å². The van der Waals surface area contributed by atoms with Gasteiger partial charge in [-0.2, -0.15) is 0 Å². The second kappa shape index (κ2) is 13.9. The van der Waals surface area contributed by atoms with Crippen molar-refractivity contribution in [2.24, 2.45) is 0 Å². The minimum Gasteiger partial charge on any atom is -0.497 e. The highest BCUT2D eigenvalue weighted by atomic mass is 35.5. The largest absolute Gasteiger partial charge is 0.497 e. The van der Waals surface area contributed by atoms with Gasteiger partial charge in [0.05, 0.1) is 24.3 Å². The standard InChI is InChI=1S/C31H38ClN3O6S/c1-7-41-26-15-13-25(14-16-26)35(42(38,39)28-17-11-24(32)12-18-28)21-29(36)34(22(2)30(37)33-31(3,4)5)20-23-9-8-10-27(19-23)40-6/h8-19,22H,7,20-21H2,1-6H3,(H,33,37)/t22-/m0/s1. The molecule has 0 fully saturated rings. The predicted octanol–water partition coefficient (Wildman–Crippen LogP) is 5.27. The first-order valence-corrected chi connectivity index (χ1v) is 15.3. The van der Waals surface area contributed by atoms with Crippen molar-refractivity contribution in [3.05, 3.63) is 83.4 Å². The molecule has 11 heteroatoms. The molecule has 0 spiro atoms. The SMILES string of the molecule is CCOc1ccc(N(CC(=O)N(Cc2cccc(OC)c2)[C@@H](C)C(=O)NC(C)(C)C)S(=O)(=O)c2ccc(Cl)cc2)cc1. The molecule has 0 saturated heterocycles. The first-order valence-electron chi connectivity index (χ1n) is 13.5. The summed E-state index contributed by atoms with van der Waals surface area (Å²) in [5.74, 6) is 0.212. The number of hydrogen-bond acceptors (Lipinski definition) is 6. The summed E-state index contributed by atoms with van der Waals surface area (Å²) in [5, 5.41) is 3.29. The van der Waals surface area contributed by atoms with Gasteiger partial charge >= 0.3 is 0 Å². The van der Waals surface area contributed by atoms with Gasteiger partial charge in [-0.15, -0.1) is 0 Å². The number of anilines is 1. The fourth-order valence-corrected chi connectivity index (χ4v) is 5.70. The topological polar surface area (TPSA) is 105 Å². The molecule has 9 nitrogen and oxygen atoms in total. The Labute approximate surface area is 253 Å². The lowest BCUT2D eigenvalue weighted by Gasteiger charge is -2.33. The summed E-state index contributed by atoms with van der Waals surface area (Å²) in [6.07, 6.45) is 0. The fourth-order valence-electron chi connectivity index (χ4n) is 4.16. The maximum Gasteiger partial charge on any atom is 0.264 e. The number of benzene rings is 3. The number of nitrogens with one attached hydrogen (secondary N) is 1. The number of carbonyl (C=O) groups is 2. The first kappa shape index (κ1) is 32.8. The summed E-state index contributed by atoms with van der Waals surface area (Å²) in [4.78, 5) is 28.6. The van der Waals surface area contributed by atoms with Gasteiger partial charge in [-0.25, -0.2) is 8.42 Å². The molecule has 3 aromatic carbocycles. The van der Waals surface area contributed by atoms with E-state index < -0.39 is 34.1 Å². The van der Waals surface area contributed by atoms with Crippen LogP contribution in [0.2, 0.25) is 5.02 Å². The number of hydrogen-bond donors (Lipinski definition) is 1. The van der Waals surface area contributed by atoms with Crippen LogP contribution in [0.5, 0.6) is 11.5 Å². The Morgan fingerprint density at radius 3 is 2.19 bits per heavy atom. The third-order valence-corrected chi connectivity index (χ3v) is 8.31. The molecule has 0 aliphatic heterocycles. The monoisotopic (exact) mass is 615 g/mol. The molecule has 42 heavy (non-hydrogen) atoms. The van der Waals surface area contributed by atoms with E-state index in [2.05, 4.69) is 5.32 Å². The summed E-state index contributed by atoms with van der Waals surface area (Å²) in [5.41, 5.74) is 0.434. The lowest BCUT2D eigenvalue weighted by molar-refractivity contribution is -0.140. The van der Waals surface area contributed by atoms with Crippen molar-refractivity contribution in [2.75, 3.05) is 24.6 Å². The van der Waals surface area contributed by atoms with Gasteiger partial charge in [0.1, 0.15) is 24.1 Å². The van der Waals surface area contributed by atoms with Crippen molar-refractivity contribution >= 4 is 39.1 Å². The van der Waals surface area contributed by atoms with E-state index in [0.29, 0.717) is 28.7 Å². The maximum atomic E-state index is 14.1. The molecule has 0 heterocycles. The molecule has 0 aromatic heterocycles. The van der Waals surface area contributed by atoms with E-state index in [1.54, 1.807) is 49.4 Å². The number of ether oxygens (including phenoxy) is 2. The van der Waals surface area contributed by atoms with E-state index in [1.807, 2.05) is 33.8 Å². The summed E-state index contributed by atoms with van der Waals surface area (Å²) in [6, 6.07) is 18.4. The van der Waals surface area contributed by atoms with E-state index in [4.69, 9.17) is 21.1 Å². The molecule has 3 aromatic rings. The number of amides is 2.